The molecular formula is C20H33IN4O3. The van der Waals surface area contributed by atoms with Gasteiger partial charge < -0.3 is 25.0 Å². The van der Waals surface area contributed by atoms with Gasteiger partial charge in [0.15, 0.2) is 5.96 Å². The van der Waals surface area contributed by atoms with Crippen LogP contribution in [0.15, 0.2) is 29.3 Å². The normalized spacial score (nSPS) is 16.7. The van der Waals surface area contributed by atoms with Crippen LogP contribution in [0.5, 0.6) is 5.75 Å². The largest absolute Gasteiger partial charge is 0.492 e. The first-order chi connectivity index (χ1) is 13.0. The first-order valence-corrected chi connectivity index (χ1v) is 9.58. The van der Waals surface area contributed by atoms with E-state index >= 15 is 0 Å². The number of benzene rings is 1. The van der Waals surface area contributed by atoms with Gasteiger partial charge in [-0.15, -0.1) is 24.0 Å². The molecule has 1 unspecified atom stereocenters. The highest BCUT2D eigenvalue weighted by Gasteiger charge is 2.14. The van der Waals surface area contributed by atoms with Gasteiger partial charge in [-0.05, 0) is 38.3 Å². The molecule has 0 spiro atoms. The van der Waals surface area contributed by atoms with E-state index in [9.17, 15) is 4.79 Å². The molecule has 28 heavy (non-hydrogen) atoms. The summed E-state index contributed by atoms with van der Waals surface area (Å²) in [6.45, 7) is 4.74. The molecule has 1 amide bonds. The third kappa shape index (κ3) is 9.59. The quantitative estimate of drug-likeness (QED) is 0.246. The van der Waals surface area contributed by atoms with Crippen LogP contribution in [0.4, 0.5) is 0 Å². The highest BCUT2D eigenvalue weighted by atomic mass is 127. The van der Waals surface area contributed by atoms with E-state index in [4.69, 9.17) is 9.47 Å². The van der Waals surface area contributed by atoms with Gasteiger partial charge in [0.05, 0.1) is 12.6 Å². The van der Waals surface area contributed by atoms with Gasteiger partial charge in [-0.2, -0.15) is 0 Å². The number of nitrogens with zero attached hydrogens (tertiary/aromatic N) is 2. The number of hydrogen-bond donors (Lipinski definition) is 2. The summed E-state index contributed by atoms with van der Waals surface area (Å²) < 4.78 is 11.5. The summed E-state index contributed by atoms with van der Waals surface area (Å²) in [6.07, 6.45) is 3.56. The Balaban J connectivity index is 0.00000392. The summed E-state index contributed by atoms with van der Waals surface area (Å²) in [5.41, 5.74) is 1.20. The maximum atomic E-state index is 11.8. The Hall–Kier alpha value is -1.55. The number of aryl methyl sites for hydroxylation is 1. The average molecular weight is 504 g/mol. The molecule has 7 nitrogen and oxygen atoms in total. The van der Waals surface area contributed by atoms with Gasteiger partial charge in [0, 0.05) is 27.2 Å². The molecule has 2 rings (SSSR count). The second-order valence-electron chi connectivity index (χ2n) is 6.91. The number of guanidine groups is 1. The van der Waals surface area contributed by atoms with Crippen molar-refractivity contribution < 1.29 is 14.3 Å². The standard InChI is InChI=1S/C20H32N4O3.HI/c1-16-7-9-17(10-8-16)27-13-11-21-20(23-15-19(25)24(2)3)22-14-18-6-4-5-12-26-18;/h7-10,18H,4-6,11-15H2,1-3H3,(H2,21,22,23);1H. The van der Waals surface area contributed by atoms with Gasteiger partial charge in [0.2, 0.25) is 5.91 Å². The zero-order valence-corrected chi connectivity index (χ0v) is 19.4. The minimum absolute atomic E-state index is 0. The molecule has 1 aliphatic rings. The van der Waals surface area contributed by atoms with Crippen LogP contribution in [-0.2, 0) is 9.53 Å². The molecule has 0 radical (unpaired) electrons. The Kier molecular flexibility index (Phi) is 11.9. The summed E-state index contributed by atoms with van der Waals surface area (Å²) in [6, 6.07) is 7.96. The van der Waals surface area contributed by atoms with Crippen LogP contribution in [0.3, 0.4) is 0 Å². The van der Waals surface area contributed by atoms with Crippen molar-refractivity contribution in [3.63, 3.8) is 0 Å². The lowest BCUT2D eigenvalue weighted by Crippen LogP contribution is -2.44. The number of ether oxygens (including phenoxy) is 2. The molecular weight excluding hydrogens is 471 g/mol. The topological polar surface area (TPSA) is 75.2 Å². The lowest BCUT2D eigenvalue weighted by molar-refractivity contribution is -0.127. The van der Waals surface area contributed by atoms with Gasteiger partial charge in [0.25, 0.3) is 0 Å². The minimum Gasteiger partial charge on any atom is -0.492 e. The Bertz CT molecular complexity index is 602. The molecule has 0 saturated carbocycles. The van der Waals surface area contributed by atoms with Gasteiger partial charge >= 0.3 is 0 Å². The first-order valence-electron chi connectivity index (χ1n) is 9.58. The van der Waals surface area contributed by atoms with Gasteiger partial charge in [-0.1, -0.05) is 17.7 Å². The minimum atomic E-state index is -0.0408. The van der Waals surface area contributed by atoms with Crippen LogP contribution in [0.1, 0.15) is 24.8 Å². The highest BCUT2D eigenvalue weighted by Crippen LogP contribution is 2.12. The molecule has 158 valence electrons. The van der Waals surface area contributed by atoms with E-state index in [1.54, 1.807) is 14.1 Å². The lowest BCUT2D eigenvalue weighted by atomic mass is 10.1. The fourth-order valence-corrected chi connectivity index (χ4v) is 2.61. The summed E-state index contributed by atoms with van der Waals surface area (Å²) >= 11 is 0. The van der Waals surface area contributed by atoms with E-state index in [1.165, 1.54) is 16.9 Å². The number of likely N-dealkylation sites (N-methyl/N-ethyl adjacent to an activating group) is 1. The number of amides is 1. The van der Waals surface area contributed by atoms with Gasteiger partial charge in [0.1, 0.15) is 18.9 Å². The van der Waals surface area contributed by atoms with Crippen molar-refractivity contribution in [3.05, 3.63) is 29.8 Å². The summed E-state index contributed by atoms with van der Waals surface area (Å²) in [5, 5.41) is 6.50. The summed E-state index contributed by atoms with van der Waals surface area (Å²) in [5.74, 6) is 1.40. The average Bonchev–Trinajstić information content (AvgIpc) is 2.68. The van der Waals surface area contributed by atoms with Crippen molar-refractivity contribution in [1.82, 2.24) is 15.5 Å². The molecule has 1 saturated heterocycles. The fourth-order valence-electron chi connectivity index (χ4n) is 2.61. The van der Waals surface area contributed by atoms with Crippen LogP contribution >= 0.6 is 24.0 Å². The Morgan fingerprint density at radius 1 is 1.25 bits per heavy atom. The van der Waals surface area contributed by atoms with Crippen LogP contribution in [0, 0.1) is 6.92 Å². The van der Waals surface area contributed by atoms with E-state index in [1.807, 2.05) is 31.2 Å². The molecule has 0 bridgehead atoms. The van der Waals surface area contributed by atoms with Gasteiger partial charge in [-0.25, -0.2) is 4.99 Å². The van der Waals surface area contributed by atoms with E-state index < -0.39 is 0 Å². The maximum absolute atomic E-state index is 11.8. The monoisotopic (exact) mass is 504 g/mol. The number of hydrogen-bond acceptors (Lipinski definition) is 4. The number of rotatable bonds is 8. The lowest BCUT2D eigenvalue weighted by Gasteiger charge is -2.24. The van der Waals surface area contributed by atoms with Crippen molar-refractivity contribution >= 4 is 35.8 Å². The zero-order chi connectivity index (χ0) is 19.5. The molecule has 0 aliphatic carbocycles. The van der Waals surface area contributed by atoms with Crippen molar-refractivity contribution in [2.24, 2.45) is 4.99 Å². The highest BCUT2D eigenvalue weighted by molar-refractivity contribution is 14.0. The van der Waals surface area contributed by atoms with Crippen molar-refractivity contribution in [1.29, 1.82) is 0 Å². The van der Waals surface area contributed by atoms with E-state index in [0.29, 0.717) is 25.7 Å². The molecule has 0 aromatic heterocycles. The van der Waals surface area contributed by atoms with Gasteiger partial charge in [-0.3, -0.25) is 4.79 Å². The van der Waals surface area contributed by atoms with Crippen molar-refractivity contribution in [3.8, 4) is 5.75 Å². The zero-order valence-electron chi connectivity index (χ0n) is 17.1. The number of aliphatic imine (C=N–C) groups is 1. The number of carbonyl (C=O) groups is 1. The second kappa shape index (κ2) is 13.6. The SMILES string of the molecule is Cc1ccc(OCCNC(=NCC(=O)N(C)C)NCC2CCCCO2)cc1.I. The predicted molar refractivity (Wildman–Crippen MR) is 123 cm³/mol. The molecule has 1 atom stereocenters. The van der Waals surface area contributed by atoms with E-state index in [0.717, 1.165) is 25.2 Å². The third-order valence-corrected chi connectivity index (χ3v) is 4.33. The Labute approximate surface area is 185 Å². The molecule has 2 N–H and O–H groups in total. The number of nitrogens with one attached hydrogen (secondary N) is 2. The Morgan fingerprint density at radius 3 is 2.64 bits per heavy atom. The molecule has 1 aromatic carbocycles. The fraction of sp³-hybridized carbons (Fsp3) is 0.600. The molecule has 1 fully saturated rings. The Morgan fingerprint density at radius 2 is 2.00 bits per heavy atom. The smallest absolute Gasteiger partial charge is 0.243 e. The predicted octanol–water partition coefficient (Wildman–Crippen LogP) is 2.18. The second-order valence-corrected chi connectivity index (χ2v) is 6.91. The first kappa shape index (κ1) is 24.5. The maximum Gasteiger partial charge on any atom is 0.243 e. The van der Waals surface area contributed by atoms with Crippen LogP contribution in [0.2, 0.25) is 0 Å². The summed E-state index contributed by atoms with van der Waals surface area (Å²) in [7, 11) is 3.45. The van der Waals surface area contributed by atoms with Crippen LogP contribution < -0.4 is 15.4 Å². The van der Waals surface area contributed by atoms with E-state index in [2.05, 4.69) is 15.6 Å². The molecule has 1 aliphatic heterocycles. The van der Waals surface area contributed by atoms with E-state index in [-0.39, 0.29) is 42.5 Å². The van der Waals surface area contributed by atoms with Crippen LogP contribution in [0.25, 0.3) is 0 Å². The van der Waals surface area contributed by atoms with Crippen molar-refractivity contribution in [2.75, 3.05) is 46.9 Å². The molecule has 8 heteroatoms. The molecule has 1 heterocycles. The number of carbonyl (C=O) groups excluding carboxylic acids is 1. The number of halogens is 1. The van der Waals surface area contributed by atoms with Crippen LogP contribution in [-0.4, -0.2) is 69.8 Å². The molecule has 1 aromatic rings. The van der Waals surface area contributed by atoms with Crippen molar-refractivity contribution in [2.45, 2.75) is 32.3 Å². The third-order valence-electron chi connectivity index (χ3n) is 4.33. The summed E-state index contributed by atoms with van der Waals surface area (Å²) in [4.78, 5) is 17.7.